The Bertz CT molecular complexity index is 2680. The van der Waals surface area contributed by atoms with Gasteiger partial charge in [0.1, 0.15) is 11.5 Å². The number of hydrogen-bond acceptors (Lipinski definition) is 7. The first-order valence-corrected chi connectivity index (χ1v) is 21.9. The lowest BCUT2D eigenvalue weighted by atomic mass is 9.71. The van der Waals surface area contributed by atoms with Crippen LogP contribution in [0, 0.1) is 28.7 Å². The molecule has 4 aliphatic rings. The SMILES string of the molecule is CN(C)C(=O)c1cc2c(-c3ccc(N4CCC5(CCN(c6ccc(C7CCC(=O)NC7=O)cc6F)CC5)CC4)c(F)c3F)cc(C3=CCCN(C(=O)CCn4cccn4)C3)c(F)c2[nH]1. The third-order valence-electron chi connectivity index (χ3n) is 13.7. The van der Waals surface area contributed by atoms with Crippen LogP contribution in [0.3, 0.4) is 0 Å². The van der Waals surface area contributed by atoms with Gasteiger partial charge in [-0.15, -0.1) is 0 Å². The van der Waals surface area contributed by atoms with Crippen LogP contribution in [0.15, 0.2) is 67.0 Å². The summed E-state index contributed by atoms with van der Waals surface area (Å²) in [6, 6.07) is 12.7. The van der Waals surface area contributed by atoms with Crippen LogP contribution in [0.4, 0.5) is 28.9 Å². The van der Waals surface area contributed by atoms with Gasteiger partial charge in [0.15, 0.2) is 17.5 Å². The Balaban J connectivity index is 0.918. The van der Waals surface area contributed by atoms with Crippen LogP contribution >= 0.6 is 0 Å². The van der Waals surface area contributed by atoms with Gasteiger partial charge in [-0.05, 0) is 103 Å². The summed E-state index contributed by atoms with van der Waals surface area (Å²) >= 11 is 0. The monoisotopic (exact) mass is 878 g/mol. The molecule has 4 aliphatic heterocycles. The minimum atomic E-state index is -1.09. The largest absolute Gasteiger partial charge is 0.369 e. The average Bonchev–Trinajstić information content (AvgIpc) is 3.99. The summed E-state index contributed by atoms with van der Waals surface area (Å²) in [6.07, 6.45) is 9.59. The average molecular weight is 879 g/mol. The molecule has 1 atom stereocenters. The minimum absolute atomic E-state index is 0.0241. The molecule has 3 fully saturated rings. The van der Waals surface area contributed by atoms with Crippen LogP contribution in [0.1, 0.15) is 78.9 Å². The Morgan fingerprint density at radius 3 is 2.23 bits per heavy atom. The van der Waals surface area contributed by atoms with Crippen molar-refractivity contribution in [3.05, 3.63) is 107 Å². The van der Waals surface area contributed by atoms with Crippen molar-refractivity contribution in [1.29, 1.82) is 0 Å². The fraction of sp³-hybridized carbons (Fsp3) is 0.396. The van der Waals surface area contributed by atoms with Gasteiger partial charge in [-0.2, -0.15) is 5.10 Å². The fourth-order valence-corrected chi connectivity index (χ4v) is 9.97. The highest BCUT2D eigenvalue weighted by atomic mass is 19.2. The lowest BCUT2D eigenvalue weighted by Gasteiger charge is -2.48. The number of piperidine rings is 3. The first-order chi connectivity index (χ1) is 30.8. The lowest BCUT2D eigenvalue weighted by molar-refractivity contribution is -0.134. The van der Waals surface area contributed by atoms with Crippen molar-refractivity contribution in [3.8, 4) is 11.1 Å². The van der Waals surface area contributed by atoms with E-state index < -0.39 is 41.0 Å². The maximum absolute atomic E-state index is 16.6. The molecule has 1 spiro atoms. The van der Waals surface area contributed by atoms with Crippen molar-refractivity contribution in [3.63, 3.8) is 0 Å². The fourth-order valence-electron chi connectivity index (χ4n) is 9.97. The molecule has 4 amide bonds. The van der Waals surface area contributed by atoms with E-state index in [-0.39, 0.29) is 75.6 Å². The Hall–Kier alpha value is -6.45. The molecule has 0 aliphatic carbocycles. The maximum Gasteiger partial charge on any atom is 0.269 e. The third-order valence-corrected chi connectivity index (χ3v) is 13.7. The van der Waals surface area contributed by atoms with Gasteiger partial charge in [-0.1, -0.05) is 12.1 Å². The van der Waals surface area contributed by atoms with Crippen molar-refractivity contribution in [2.24, 2.45) is 5.41 Å². The maximum atomic E-state index is 16.6. The molecule has 1 unspecified atom stereocenters. The molecular weight excluding hydrogens is 829 g/mol. The number of anilines is 2. The molecule has 64 heavy (non-hydrogen) atoms. The van der Waals surface area contributed by atoms with Crippen molar-refractivity contribution in [1.82, 2.24) is 29.9 Å². The number of carbonyl (C=O) groups excluding carboxylic acids is 4. The number of rotatable bonds is 9. The van der Waals surface area contributed by atoms with E-state index in [9.17, 15) is 19.2 Å². The van der Waals surface area contributed by atoms with E-state index in [1.807, 2.05) is 15.9 Å². The van der Waals surface area contributed by atoms with E-state index in [2.05, 4.69) is 15.4 Å². The number of H-pyrrole nitrogens is 1. The molecule has 5 aromatic rings. The van der Waals surface area contributed by atoms with Crippen molar-refractivity contribution >= 4 is 51.5 Å². The van der Waals surface area contributed by atoms with Crippen LogP contribution in [0.2, 0.25) is 0 Å². The quantitative estimate of drug-likeness (QED) is 0.117. The van der Waals surface area contributed by atoms with Crippen LogP contribution in [-0.2, 0) is 20.9 Å². The molecule has 12 nitrogen and oxygen atoms in total. The van der Waals surface area contributed by atoms with E-state index >= 15 is 17.6 Å². The highest BCUT2D eigenvalue weighted by Crippen LogP contribution is 2.45. The van der Waals surface area contributed by atoms with E-state index in [0.29, 0.717) is 68.9 Å². The Morgan fingerprint density at radius 2 is 1.56 bits per heavy atom. The number of amides is 4. The number of nitrogens with one attached hydrogen (secondary N) is 2. The predicted octanol–water partition coefficient (Wildman–Crippen LogP) is 7.40. The van der Waals surface area contributed by atoms with E-state index in [1.165, 1.54) is 29.2 Å². The molecule has 3 aromatic carbocycles. The van der Waals surface area contributed by atoms with Crippen LogP contribution in [-0.4, -0.2) is 102 Å². The van der Waals surface area contributed by atoms with E-state index in [1.54, 1.807) is 60.3 Å². The van der Waals surface area contributed by atoms with Crippen molar-refractivity contribution in [2.75, 3.05) is 63.2 Å². The molecule has 0 radical (unpaired) electrons. The molecule has 0 bridgehead atoms. The van der Waals surface area contributed by atoms with Crippen molar-refractivity contribution < 1.29 is 36.7 Å². The topological polar surface area (TPSA) is 127 Å². The smallest absolute Gasteiger partial charge is 0.269 e. The summed E-state index contributed by atoms with van der Waals surface area (Å²) < 4.78 is 66.8. The summed E-state index contributed by atoms with van der Waals surface area (Å²) in [6.45, 7) is 3.19. The highest BCUT2D eigenvalue weighted by molar-refractivity contribution is 6.05. The molecule has 2 N–H and O–H groups in total. The number of halogens is 4. The van der Waals surface area contributed by atoms with Gasteiger partial charge in [-0.3, -0.25) is 29.2 Å². The highest BCUT2D eigenvalue weighted by Gasteiger charge is 2.39. The number of carbonyl (C=O) groups is 4. The molecular formula is C48H50F4N8O4. The van der Waals surface area contributed by atoms with Crippen LogP contribution < -0.4 is 15.1 Å². The van der Waals surface area contributed by atoms with Gasteiger partial charge >= 0.3 is 0 Å². The second-order valence-electron chi connectivity index (χ2n) is 17.8. The summed E-state index contributed by atoms with van der Waals surface area (Å²) in [5, 5.41) is 6.71. The molecule has 6 heterocycles. The van der Waals surface area contributed by atoms with E-state index in [0.717, 1.165) is 25.7 Å². The molecule has 3 saturated heterocycles. The first-order valence-electron chi connectivity index (χ1n) is 21.9. The molecule has 16 heteroatoms. The molecule has 2 aromatic heterocycles. The zero-order valence-electron chi connectivity index (χ0n) is 35.9. The summed E-state index contributed by atoms with van der Waals surface area (Å²) in [5.41, 5.74) is 1.94. The van der Waals surface area contributed by atoms with Gasteiger partial charge < -0.3 is 24.6 Å². The number of nitrogens with zero attached hydrogens (tertiary/aromatic N) is 6. The number of imide groups is 1. The van der Waals surface area contributed by atoms with Gasteiger partial charge in [-0.25, -0.2) is 17.6 Å². The number of hydrogen-bond donors (Lipinski definition) is 2. The summed E-state index contributed by atoms with van der Waals surface area (Å²) in [4.78, 5) is 60.1. The third kappa shape index (κ3) is 8.13. The second kappa shape index (κ2) is 17.3. The molecule has 0 saturated carbocycles. The Morgan fingerprint density at radius 1 is 0.844 bits per heavy atom. The van der Waals surface area contributed by atoms with Crippen LogP contribution in [0.25, 0.3) is 27.6 Å². The normalized spacial score (nSPS) is 19.0. The van der Waals surface area contributed by atoms with Gasteiger partial charge in [0.05, 0.1) is 22.8 Å². The number of aromatic nitrogens is 3. The predicted molar refractivity (Wildman–Crippen MR) is 234 cm³/mol. The zero-order chi connectivity index (χ0) is 44.9. The second-order valence-corrected chi connectivity index (χ2v) is 17.8. The lowest BCUT2D eigenvalue weighted by Crippen LogP contribution is -2.47. The summed E-state index contributed by atoms with van der Waals surface area (Å²) in [5.74, 6) is -5.01. The van der Waals surface area contributed by atoms with E-state index in [4.69, 9.17) is 0 Å². The standard InChI is InChI=1S/C48H50F4N8O4/c1-56(2)47(64)37-27-35-34(26-33(43(51)45(35)54-37)30-5-3-18-59(28-30)41(62)12-20-60-19-4-17-53-60)32-7-10-39(44(52)42(32)50)58-23-15-48(16-24-58)13-21-57(22-14-48)38-9-6-29(25-36(38)49)31-8-11-40(61)55-46(31)63/h4-7,9-10,17,19,25-27,31,54H,3,8,11-16,18,20-24,28H2,1-2H3,(H,55,61,63). The minimum Gasteiger partial charge on any atom is -0.369 e. The number of aromatic amines is 1. The van der Waals surface area contributed by atoms with Crippen molar-refractivity contribution in [2.45, 2.75) is 63.8 Å². The van der Waals surface area contributed by atoms with Gasteiger partial charge in [0.2, 0.25) is 17.7 Å². The zero-order valence-corrected chi connectivity index (χ0v) is 35.9. The van der Waals surface area contributed by atoms with Crippen LogP contribution in [0.5, 0.6) is 0 Å². The summed E-state index contributed by atoms with van der Waals surface area (Å²) in [7, 11) is 3.13. The Labute approximate surface area is 367 Å². The number of aryl methyl sites for hydroxylation is 1. The van der Waals surface area contributed by atoms with Gasteiger partial charge in [0.25, 0.3) is 5.91 Å². The molecule has 334 valence electrons. The number of benzene rings is 3. The first kappa shape index (κ1) is 42.8. The molecule has 9 rings (SSSR count). The Kier molecular flexibility index (Phi) is 11.6. The number of fused-ring (bicyclic) bond motifs is 1. The van der Waals surface area contributed by atoms with Gasteiger partial charge in [0, 0.05) is 102 Å².